The highest BCUT2D eigenvalue weighted by atomic mass is 32.2. The van der Waals surface area contributed by atoms with Crippen molar-refractivity contribution >= 4 is 34.9 Å². The summed E-state index contributed by atoms with van der Waals surface area (Å²) in [5.41, 5.74) is 2.58. The van der Waals surface area contributed by atoms with Gasteiger partial charge in [-0.25, -0.2) is 0 Å². The molecule has 2 aromatic carbocycles. The van der Waals surface area contributed by atoms with Crippen LogP contribution in [0.4, 0.5) is 4.79 Å². The number of benzene rings is 2. The summed E-state index contributed by atoms with van der Waals surface area (Å²) < 4.78 is 0. The van der Waals surface area contributed by atoms with E-state index in [4.69, 9.17) is 0 Å². The fourth-order valence-electron chi connectivity index (χ4n) is 3.24. The molecule has 162 valence electrons. The molecule has 0 radical (unpaired) electrons. The average Bonchev–Trinajstić information content (AvgIpc) is 3.05. The van der Waals surface area contributed by atoms with E-state index in [1.54, 1.807) is 18.2 Å². The van der Waals surface area contributed by atoms with Crippen molar-refractivity contribution in [3.8, 4) is 0 Å². The van der Waals surface area contributed by atoms with E-state index in [0.29, 0.717) is 10.5 Å². The van der Waals surface area contributed by atoms with E-state index in [-0.39, 0.29) is 30.1 Å². The fraction of sp³-hybridized carbons (Fsp3) is 0.292. The minimum absolute atomic E-state index is 0.141. The second-order valence-corrected chi connectivity index (χ2v) is 8.15. The Kier molecular flexibility index (Phi) is 8.03. The normalized spacial score (nSPS) is 15.2. The molecule has 0 spiro atoms. The Morgan fingerprint density at radius 3 is 2.35 bits per heavy atom. The van der Waals surface area contributed by atoms with Crippen molar-refractivity contribution in [3.63, 3.8) is 0 Å². The predicted molar refractivity (Wildman–Crippen MR) is 125 cm³/mol. The first kappa shape index (κ1) is 22.8. The van der Waals surface area contributed by atoms with Gasteiger partial charge in [0, 0.05) is 25.2 Å². The Bertz CT molecular complexity index is 954. The Morgan fingerprint density at radius 2 is 1.71 bits per heavy atom. The van der Waals surface area contributed by atoms with Crippen molar-refractivity contribution in [1.82, 2.24) is 15.1 Å². The van der Waals surface area contributed by atoms with Gasteiger partial charge in [0.05, 0.1) is 4.91 Å². The standard InChI is InChI=1S/C24H27N3O3S/c1-3-26(4-2)17-19-10-12-20(13-11-19)22(28)25-14-15-27-23(29)21(31-24(27)30)16-18-8-6-5-7-9-18/h5-13,16H,3-4,14-15,17H2,1-2H3,(H,25,28)/b21-16-. The molecule has 7 heteroatoms. The largest absolute Gasteiger partial charge is 0.350 e. The monoisotopic (exact) mass is 437 g/mol. The number of nitrogens with one attached hydrogen (secondary N) is 1. The first-order valence-corrected chi connectivity index (χ1v) is 11.2. The molecule has 0 atom stereocenters. The number of carbonyl (C=O) groups is 3. The highest BCUT2D eigenvalue weighted by Gasteiger charge is 2.34. The summed E-state index contributed by atoms with van der Waals surface area (Å²) in [7, 11) is 0. The van der Waals surface area contributed by atoms with Crippen LogP contribution in [0.1, 0.15) is 35.3 Å². The summed E-state index contributed by atoms with van der Waals surface area (Å²) >= 11 is 0.924. The van der Waals surface area contributed by atoms with Crippen LogP contribution >= 0.6 is 11.8 Å². The minimum atomic E-state index is -0.325. The fourth-order valence-corrected chi connectivity index (χ4v) is 4.11. The number of carbonyl (C=O) groups excluding carboxylic acids is 3. The summed E-state index contributed by atoms with van der Waals surface area (Å²) in [5.74, 6) is -0.546. The quantitative estimate of drug-likeness (QED) is 0.601. The molecule has 0 saturated carbocycles. The van der Waals surface area contributed by atoms with Gasteiger partial charge >= 0.3 is 0 Å². The molecule has 1 aliphatic rings. The Balaban J connectivity index is 1.51. The van der Waals surface area contributed by atoms with Crippen molar-refractivity contribution in [3.05, 3.63) is 76.2 Å². The highest BCUT2D eigenvalue weighted by molar-refractivity contribution is 8.18. The molecule has 1 saturated heterocycles. The molecule has 31 heavy (non-hydrogen) atoms. The zero-order valence-electron chi connectivity index (χ0n) is 17.8. The molecule has 3 amide bonds. The third kappa shape index (κ3) is 6.06. The van der Waals surface area contributed by atoms with Gasteiger partial charge < -0.3 is 5.32 Å². The maximum atomic E-state index is 12.5. The number of nitrogens with zero attached hydrogens (tertiary/aromatic N) is 2. The van der Waals surface area contributed by atoms with Gasteiger partial charge in [-0.3, -0.25) is 24.2 Å². The average molecular weight is 438 g/mol. The molecule has 0 unspecified atom stereocenters. The van der Waals surface area contributed by atoms with Crippen LogP contribution in [0.15, 0.2) is 59.5 Å². The molecule has 1 fully saturated rings. The Hall–Kier alpha value is -2.90. The Morgan fingerprint density at radius 1 is 1.03 bits per heavy atom. The number of imide groups is 1. The molecule has 3 rings (SSSR count). The van der Waals surface area contributed by atoms with E-state index in [2.05, 4.69) is 24.1 Å². The maximum Gasteiger partial charge on any atom is 0.293 e. The molecular weight excluding hydrogens is 410 g/mol. The molecule has 1 heterocycles. The summed E-state index contributed by atoms with van der Waals surface area (Å²) in [4.78, 5) is 41.0. The summed E-state index contributed by atoms with van der Waals surface area (Å²) in [5, 5.41) is 2.47. The molecule has 1 N–H and O–H groups in total. The minimum Gasteiger partial charge on any atom is -0.350 e. The second kappa shape index (κ2) is 10.9. The van der Waals surface area contributed by atoms with Gasteiger partial charge in [-0.15, -0.1) is 0 Å². The number of thioether (sulfide) groups is 1. The van der Waals surface area contributed by atoms with Crippen LogP contribution in [0.25, 0.3) is 6.08 Å². The third-order valence-corrected chi connectivity index (χ3v) is 6.02. The smallest absolute Gasteiger partial charge is 0.293 e. The molecule has 1 aliphatic heterocycles. The van der Waals surface area contributed by atoms with Crippen LogP contribution in [-0.4, -0.2) is 53.0 Å². The number of hydrogen-bond donors (Lipinski definition) is 1. The first-order chi connectivity index (χ1) is 15.0. The zero-order valence-corrected chi connectivity index (χ0v) is 18.7. The summed E-state index contributed by atoms with van der Waals surface area (Å²) in [6.07, 6.45) is 1.71. The van der Waals surface area contributed by atoms with Crippen molar-refractivity contribution in [1.29, 1.82) is 0 Å². The van der Waals surface area contributed by atoms with Gasteiger partial charge in [-0.2, -0.15) is 0 Å². The van der Waals surface area contributed by atoms with Crippen LogP contribution in [0.3, 0.4) is 0 Å². The second-order valence-electron chi connectivity index (χ2n) is 7.16. The molecule has 0 bridgehead atoms. The van der Waals surface area contributed by atoms with Crippen LogP contribution in [0.5, 0.6) is 0 Å². The van der Waals surface area contributed by atoms with Crippen LogP contribution in [-0.2, 0) is 11.3 Å². The van der Waals surface area contributed by atoms with Crippen molar-refractivity contribution < 1.29 is 14.4 Å². The first-order valence-electron chi connectivity index (χ1n) is 10.4. The van der Waals surface area contributed by atoms with E-state index in [1.165, 1.54) is 4.90 Å². The van der Waals surface area contributed by atoms with Crippen LogP contribution in [0, 0.1) is 0 Å². The topological polar surface area (TPSA) is 69.7 Å². The Labute approximate surface area is 187 Å². The van der Waals surface area contributed by atoms with Gasteiger partial charge in [-0.05, 0) is 54.2 Å². The molecule has 0 aliphatic carbocycles. The summed E-state index contributed by atoms with van der Waals surface area (Å²) in [6, 6.07) is 16.9. The lowest BCUT2D eigenvalue weighted by molar-refractivity contribution is -0.122. The maximum absolute atomic E-state index is 12.5. The lowest BCUT2D eigenvalue weighted by atomic mass is 10.1. The van der Waals surface area contributed by atoms with Crippen LogP contribution < -0.4 is 5.32 Å². The molecular formula is C24H27N3O3S. The molecule has 6 nitrogen and oxygen atoms in total. The van der Waals surface area contributed by atoms with E-state index in [0.717, 1.165) is 42.5 Å². The van der Waals surface area contributed by atoms with E-state index in [1.807, 2.05) is 42.5 Å². The van der Waals surface area contributed by atoms with Gasteiger partial charge in [0.15, 0.2) is 0 Å². The van der Waals surface area contributed by atoms with Gasteiger partial charge in [0.1, 0.15) is 0 Å². The molecule has 0 aromatic heterocycles. The lowest BCUT2D eigenvalue weighted by Crippen LogP contribution is -2.37. The lowest BCUT2D eigenvalue weighted by Gasteiger charge is -2.18. The predicted octanol–water partition coefficient (Wildman–Crippen LogP) is 3.99. The third-order valence-electron chi connectivity index (χ3n) is 5.11. The molecule has 2 aromatic rings. The SMILES string of the molecule is CCN(CC)Cc1ccc(C(=O)NCCN2C(=O)S/C(=C\c3ccccc3)C2=O)cc1. The number of hydrogen-bond acceptors (Lipinski definition) is 5. The number of rotatable bonds is 9. The number of amides is 3. The van der Waals surface area contributed by atoms with Gasteiger partial charge in [-0.1, -0.05) is 56.3 Å². The van der Waals surface area contributed by atoms with E-state index < -0.39 is 0 Å². The van der Waals surface area contributed by atoms with E-state index in [9.17, 15) is 14.4 Å². The van der Waals surface area contributed by atoms with Crippen molar-refractivity contribution in [2.24, 2.45) is 0 Å². The van der Waals surface area contributed by atoms with Crippen molar-refractivity contribution in [2.45, 2.75) is 20.4 Å². The highest BCUT2D eigenvalue weighted by Crippen LogP contribution is 2.31. The van der Waals surface area contributed by atoms with E-state index >= 15 is 0 Å². The van der Waals surface area contributed by atoms with Gasteiger partial charge in [0.2, 0.25) is 0 Å². The van der Waals surface area contributed by atoms with Crippen molar-refractivity contribution in [2.75, 3.05) is 26.2 Å². The van der Waals surface area contributed by atoms with Crippen LogP contribution in [0.2, 0.25) is 0 Å². The van der Waals surface area contributed by atoms with Gasteiger partial charge in [0.25, 0.3) is 17.1 Å². The summed E-state index contributed by atoms with van der Waals surface area (Å²) in [6.45, 7) is 7.41. The zero-order chi connectivity index (χ0) is 22.2.